The predicted molar refractivity (Wildman–Crippen MR) is 77.5 cm³/mol. The standard InChI is InChI=1S/C15H20FN3O2/c16-12-3-4-15(19(20)21)11(8-12)10-17-13-5-7-18-6-1-2-14(18)9-13/h3-4,8,13-14,17H,1-2,5-7,9-10H2. The average molecular weight is 293 g/mol. The molecule has 1 aromatic carbocycles. The number of piperidine rings is 1. The fourth-order valence-electron chi connectivity index (χ4n) is 3.54. The van der Waals surface area contributed by atoms with E-state index in [0.717, 1.165) is 25.5 Å². The Hall–Kier alpha value is -1.53. The molecule has 0 saturated carbocycles. The van der Waals surface area contributed by atoms with Crippen molar-refractivity contribution in [3.63, 3.8) is 0 Å². The summed E-state index contributed by atoms with van der Waals surface area (Å²) in [5.41, 5.74) is 0.413. The number of nitrogens with zero attached hydrogens (tertiary/aromatic N) is 2. The third-order valence-corrected chi connectivity index (χ3v) is 4.64. The van der Waals surface area contributed by atoms with E-state index in [0.29, 0.717) is 24.2 Å². The Balaban J connectivity index is 1.62. The normalized spacial score (nSPS) is 25.8. The minimum Gasteiger partial charge on any atom is -0.310 e. The molecule has 0 bridgehead atoms. The lowest BCUT2D eigenvalue weighted by Gasteiger charge is -2.35. The zero-order chi connectivity index (χ0) is 14.8. The van der Waals surface area contributed by atoms with Gasteiger partial charge in [-0.3, -0.25) is 10.1 Å². The Labute approximate surface area is 123 Å². The summed E-state index contributed by atoms with van der Waals surface area (Å²) in [6.07, 6.45) is 4.66. The van der Waals surface area contributed by atoms with Crippen molar-refractivity contribution in [1.82, 2.24) is 10.2 Å². The second kappa shape index (κ2) is 6.07. The number of halogens is 1. The highest BCUT2D eigenvalue weighted by Crippen LogP contribution is 2.27. The number of fused-ring (bicyclic) bond motifs is 1. The van der Waals surface area contributed by atoms with Crippen LogP contribution in [0.1, 0.15) is 31.2 Å². The molecule has 2 fully saturated rings. The van der Waals surface area contributed by atoms with Crippen LogP contribution in [-0.2, 0) is 6.54 Å². The highest BCUT2D eigenvalue weighted by molar-refractivity contribution is 5.40. The van der Waals surface area contributed by atoms with Crippen LogP contribution in [0.3, 0.4) is 0 Å². The Kier molecular flexibility index (Phi) is 4.17. The van der Waals surface area contributed by atoms with Crippen LogP contribution >= 0.6 is 0 Å². The Morgan fingerprint density at radius 3 is 3.05 bits per heavy atom. The highest BCUT2D eigenvalue weighted by atomic mass is 19.1. The molecular formula is C15H20FN3O2. The van der Waals surface area contributed by atoms with Gasteiger partial charge in [-0.15, -0.1) is 0 Å². The molecule has 6 heteroatoms. The maximum Gasteiger partial charge on any atom is 0.274 e. The van der Waals surface area contributed by atoms with Gasteiger partial charge in [-0.25, -0.2) is 4.39 Å². The Morgan fingerprint density at radius 2 is 2.24 bits per heavy atom. The number of nitro benzene ring substituents is 1. The van der Waals surface area contributed by atoms with Crippen molar-refractivity contribution in [3.05, 3.63) is 39.7 Å². The van der Waals surface area contributed by atoms with Crippen molar-refractivity contribution >= 4 is 5.69 Å². The molecule has 2 heterocycles. The molecule has 1 N–H and O–H groups in total. The van der Waals surface area contributed by atoms with Gasteiger partial charge in [0.15, 0.2) is 0 Å². The molecule has 2 aliphatic heterocycles. The van der Waals surface area contributed by atoms with Crippen molar-refractivity contribution in [3.8, 4) is 0 Å². The van der Waals surface area contributed by atoms with Gasteiger partial charge >= 0.3 is 0 Å². The lowest BCUT2D eigenvalue weighted by molar-refractivity contribution is -0.385. The first-order chi connectivity index (χ1) is 10.1. The number of rotatable bonds is 4. The molecule has 0 spiro atoms. The Bertz CT molecular complexity index is 538. The van der Waals surface area contributed by atoms with Crippen molar-refractivity contribution in [2.24, 2.45) is 0 Å². The van der Waals surface area contributed by atoms with Gasteiger partial charge in [0.25, 0.3) is 5.69 Å². The minimum absolute atomic E-state index is 0.0118. The van der Waals surface area contributed by atoms with Crippen LogP contribution in [0, 0.1) is 15.9 Å². The number of benzene rings is 1. The zero-order valence-electron chi connectivity index (χ0n) is 11.9. The molecule has 0 amide bonds. The predicted octanol–water partition coefficient (Wildman–Crippen LogP) is 2.45. The maximum absolute atomic E-state index is 13.3. The van der Waals surface area contributed by atoms with Gasteiger partial charge < -0.3 is 10.2 Å². The van der Waals surface area contributed by atoms with E-state index in [1.54, 1.807) is 0 Å². The quantitative estimate of drug-likeness (QED) is 0.684. The fourth-order valence-corrected chi connectivity index (χ4v) is 3.54. The molecule has 2 aliphatic rings. The van der Waals surface area contributed by atoms with Gasteiger partial charge in [-0.1, -0.05) is 0 Å². The van der Waals surface area contributed by atoms with E-state index >= 15 is 0 Å². The van der Waals surface area contributed by atoms with Crippen LogP contribution in [0.5, 0.6) is 0 Å². The second-order valence-corrected chi connectivity index (χ2v) is 5.96. The van der Waals surface area contributed by atoms with E-state index in [-0.39, 0.29) is 5.69 Å². The summed E-state index contributed by atoms with van der Waals surface area (Å²) in [7, 11) is 0. The third kappa shape index (κ3) is 3.22. The van der Waals surface area contributed by atoms with Gasteiger partial charge in [-0.05, 0) is 50.9 Å². The number of hydrogen-bond donors (Lipinski definition) is 1. The molecule has 1 aromatic rings. The van der Waals surface area contributed by atoms with E-state index < -0.39 is 10.7 Å². The van der Waals surface area contributed by atoms with Crippen LogP contribution in [0.4, 0.5) is 10.1 Å². The lowest BCUT2D eigenvalue weighted by Crippen LogP contribution is -2.45. The van der Waals surface area contributed by atoms with Crippen molar-refractivity contribution in [2.75, 3.05) is 13.1 Å². The first kappa shape index (κ1) is 14.4. The van der Waals surface area contributed by atoms with E-state index in [1.807, 2.05) is 0 Å². The molecule has 5 nitrogen and oxygen atoms in total. The van der Waals surface area contributed by atoms with Gasteiger partial charge in [-0.2, -0.15) is 0 Å². The first-order valence-corrected chi connectivity index (χ1v) is 7.54. The summed E-state index contributed by atoms with van der Waals surface area (Å²) < 4.78 is 13.3. The molecule has 0 radical (unpaired) electrons. The van der Waals surface area contributed by atoms with Gasteiger partial charge in [0, 0.05) is 30.3 Å². The van der Waals surface area contributed by atoms with E-state index in [4.69, 9.17) is 0 Å². The maximum atomic E-state index is 13.3. The van der Waals surface area contributed by atoms with Crippen LogP contribution in [0.25, 0.3) is 0 Å². The van der Waals surface area contributed by atoms with E-state index in [1.165, 1.54) is 31.5 Å². The van der Waals surface area contributed by atoms with Crippen molar-refractivity contribution < 1.29 is 9.31 Å². The third-order valence-electron chi connectivity index (χ3n) is 4.64. The molecule has 0 aliphatic carbocycles. The fraction of sp³-hybridized carbons (Fsp3) is 0.600. The van der Waals surface area contributed by atoms with E-state index in [2.05, 4.69) is 10.2 Å². The molecule has 2 atom stereocenters. The number of nitro groups is 1. The lowest BCUT2D eigenvalue weighted by atomic mass is 9.97. The van der Waals surface area contributed by atoms with Crippen LogP contribution in [0.2, 0.25) is 0 Å². The average Bonchev–Trinajstić information content (AvgIpc) is 2.92. The van der Waals surface area contributed by atoms with Crippen LogP contribution < -0.4 is 5.32 Å². The summed E-state index contributed by atoms with van der Waals surface area (Å²) in [4.78, 5) is 13.1. The summed E-state index contributed by atoms with van der Waals surface area (Å²) in [5, 5.41) is 14.4. The molecule has 114 valence electrons. The van der Waals surface area contributed by atoms with Gasteiger partial charge in [0.05, 0.1) is 4.92 Å². The zero-order valence-corrected chi connectivity index (χ0v) is 11.9. The molecule has 2 saturated heterocycles. The highest BCUT2D eigenvalue weighted by Gasteiger charge is 2.31. The van der Waals surface area contributed by atoms with Gasteiger partial charge in [0.2, 0.25) is 0 Å². The molecule has 3 rings (SSSR count). The smallest absolute Gasteiger partial charge is 0.274 e. The molecule has 0 aromatic heterocycles. The van der Waals surface area contributed by atoms with Crippen molar-refractivity contribution in [1.29, 1.82) is 0 Å². The number of nitrogens with one attached hydrogen (secondary N) is 1. The summed E-state index contributed by atoms with van der Waals surface area (Å²) in [6.45, 7) is 2.64. The summed E-state index contributed by atoms with van der Waals surface area (Å²) in [6, 6.07) is 4.66. The Morgan fingerprint density at radius 1 is 1.38 bits per heavy atom. The molecule has 2 unspecified atom stereocenters. The monoisotopic (exact) mass is 293 g/mol. The van der Waals surface area contributed by atoms with Crippen LogP contribution in [0.15, 0.2) is 18.2 Å². The topological polar surface area (TPSA) is 58.4 Å². The summed E-state index contributed by atoms with van der Waals surface area (Å²) >= 11 is 0. The first-order valence-electron chi connectivity index (χ1n) is 7.54. The largest absolute Gasteiger partial charge is 0.310 e. The molecule has 21 heavy (non-hydrogen) atoms. The van der Waals surface area contributed by atoms with Crippen molar-refractivity contribution in [2.45, 2.75) is 44.3 Å². The number of hydrogen-bond acceptors (Lipinski definition) is 4. The summed E-state index contributed by atoms with van der Waals surface area (Å²) in [5.74, 6) is -0.428. The van der Waals surface area contributed by atoms with E-state index in [9.17, 15) is 14.5 Å². The minimum atomic E-state index is -0.448. The van der Waals surface area contributed by atoms with Gasteiger partial charge in [0.1, 0.15) is 5.82 Å². The SMILES string of the molecule is O=[N+]([O-])c1ccc(F)cc1CNC1CCN2CCCC2C1. The molecular weight excluding hydrogens is 273 g/mol. The second-order valence-electron chi connectivity index (χ2n) is 5.96. The van der Waals surface area contributed by atoms with Crippen LogP contribution in [-0.4, -0.2) is 35.0 Å².